The number of benzene rings is 1. The van der Waals surface area contributed by atoms with Crippen LogP contribution in [0.5, 0.6) is 0 Å². The molecule has 0 unspecified atom stereocenters. The van der Waals surface area contributed by atoms with Gasteiger partial charge in [0.1, 0.15) is 5.69 Å². The largest absolute Gasteiger partial charge is 0.433 e. The van der Waals surface area contributed by atoms with Crippen LogP contribution in [0.2, 0.25) is 5.02 Å². The van der Waals surface area contributed by atoms with Crippen molar-refractivity contribution in [3.8, 4) is 0 Å². The molecule has 6 nitrogen and oxygen atoms in total. The van der Waals surface area contributed by atoms with Gasteiger partial charge < -0.3 is 5.32 Å². The zero-order valence-corrected chi connectivity index (χ0v) is 15.1. The van der Waals surface area contributed by atoms with E-state index in [0.29, 0.717) is 22.3 Å². The molecule has 27 heavy (non-hydrogen) atoms. The fourth-order valence-electron chi connectivity index (χ4n) is 2.54. The Bertz CT molecular complexity index is 993. The van der Waals surface area contributed by atoms with Crippen molar-refractivity contribution < 1.29 is 18.0 Å². The first-order chi connectivity index (χ1) is 12.6. The number of nitrogens with zero attached hydrogens (tertiary/aromatic N) is 4. The Balaban J connectivity index is 1.77. The van der Waals surface area contributed by atoms with Crippen LogP contribution in [0.3, 0.4) is 0 Å². The number of aryl methyl sites for hydroxylation is 2. The fraction of sp³-hybridized carbons (Fsp3) is 0.235. The summed E-state index contributed by atoms with van der Waals surface area (Å²) in [5.41, 5.74) is 0.251. The molecule has 0 saturated heterocycles. The molecule has 0 bridgehead atoms. The summed E-state index contributed by atoms with van der Waals surface area (Å²) in [7, 11) is 1.13. The number of hydrogen-bond acceptors (Lipinski definition) is 3. The number of amides is 1. The highest BCUT2D eigenvalue weighted by Gasteiger charge is 2.35. The monoisotopic (exact) mass is 397 g/mol. The molecule has 0 fully saturated rings. The van der Waals surface area contributed by atoms with Gasteiger partial charge in [-0.05, 0) is 18.6 Å². The van der Waals surface area contributed by atoms with Gasteiger partial charge in [0.25, 0.3) is 5.91 Å². The quantitative estimate of drug-likeness (QED) is 0.726. The van der Waals surface area contributed by atoms with Gasteiger partial charge in [-0.2, -0.15) is 23.4 Å². The molecule has 10 heteroatoms. The van der Waals surface area contributed by atoms with E-state index in [1.54, 1.807) is 23.7 Å². The van der Waals surface area contributed by atoms with E-state index in [4.69, 9.17) is 11.6 Å². The maximum Gasteiger partial charge on any atom is 0.433 e. The van der Waals surface area contributed by atoms with Gasteiger partial charge in [-0.1, -0.05) is 29.8 Å². The third-order valence-electron chi connectivity index (χ3n) is 3.90. The maximum absolute atomic E-state index is 12.8. The summed E-state index contributed by atoms with van der Waals surface area (Å²) in [5, 5.41) is 10.9. The molecule has 142 valence electrons. The molecule has 0 saturated carbocycles. The predicted octanol–water partition coefficient (Wildman–Crippen LogP) is 3.90. The van der Waals surface area contributed by atoms with Crippen LogP contribution in [0.1, 0.15) is 27.4 Å². The van der Waals surface area contributed by atoms with E-state index in [1.807, 2.05) is 18.2 Å². The van der Waals surface area contributed by atoms with E-state index >= 15 is 0 Å². The van der Waals surface area contributed by atoms with Crippen LogP contribution in [-0.4, -0.2) is 25.5 Å². The normalized spacial score (nSPS) is 11.6. The van der Waals surface area contributed by atoms with Gasteiger partial charge in [-0.15, -0.1) is 0 Å². The van der Waals surface area contributed by atoms with E-state index in [1.165, 1.54) is 0 Å². The van der Waals surface area contributed by atoms with E-state index < -0.39 is 17.8 Å². The van der Waals surface area contributed by atoms with Gasteiger partial charge in [0.2, 0.25) is 0 Å². The number of carbonyl (C=O) groups is 1. The standard InChI is InChI=1S/C17H15ClF3N5O/c1-10-7-15(24-26(10)9-11-5-3-4-6-12(11)18)22-16(27)13-8-14(17(19,20)21)25(2)23-13/h3-8H,9H2,1-2H3,(H,22,24,27). The van der Waals surface area contributed by atoms with E-state index in [-0.39, 0.29) is 11.5 Å². The smallest absolute Gasteiger partial charge is 0.304 e. The van der Waals surface area contributed by atoms with Gasteiger partial charge in [0.05, 0.1) is 6.54 Å². The number of halogens is 4. The fourth-order valence-corrected chi connectivity index (χ4v) is 2.74. The van der Waals surface area contributed by atoms with Crippen molar-refractivity contribution in [3.63, 3.8) is 0 Å². The number of rotatable bonds is 4. The van der Waals surface area contributed by atoms with Gasteiger partial charge in [-0.3, -0.25) is 14.2 Å². The van der Waals surface area contributed by atoms with Crippen molar-refractivity contribution in [1.82, 2.24) is 19.6 Å². The third-order valence-corrected chi connectivity index (χ3v) is 4.27. The Morgan fingerprint density at radius 1 is 1.22 bits per heavy atom. The van der Waals surface area contributed by atoms with Crippen molar-refractivity contribution in [2.75, 3.05) is 5.32 Å². The first-order valence-electron chi connectivity index (χ1n) is 7.85. The van der Waals surface area contributed by atoms with Crippen molar-refractivity contribution >= 4 is 23.3 Å². The van der Waals surface area contributed by atoms with E-state index in [9.17, 15) is 18.0 Å². The highest BCUT2D eigenvalue weighted by molar-refractivity contribution is 6.31. The molecule has 1 amide bonds. The number of hydrogen-bond donors (Lipinski definition) is 1. The summed E-state index contributed by atoms with van der Waals surface area (Å²) in [6.07, 6.45) is -4.59. The summed E-state index contributed by atoms with van der Waals surface area (Å²) in [6.45, 7) is 2.19. The second-order valence-corrected chi connectivity index (χ2v) is 6.32. The number of aromatic nitrogens is 4. The molecule has 3 aromatic rings. The maximum atomic E-state index is 12.8. The Kier molecular flexibility index (Phi) is 4.97. The minimum atomic E-state index is -4.59. The SMILES string of the molecule is Cc1cc(NC(=O)c2cc(C(F)(F)F)n(C)n2)nn1Cc1ccccc1Cl. The zero-order valence-electron chi connectivity index (χ0n) is 14.4. The van der Waals surface area contributed by atoms with Gasteiger partial charge in [-0.25, -0.2) is 0 Å². The average Bonchev–Trinajstić information content (AvgIpc) is 3.12. The summed E-state index contributed by atoms with van der Waals surface area (Å²) < 4.78 is 40.7. The number of alkyl halides is 3. The van der Waals surface area contributed by atoms with Crippen molar-refractivity contribution in [2.24, 2.45) is 7.05 Å². The Hall–Kier alpha value is -2.81. The van der Waals surface area contributed by atoms with Crippen LogP contribution in [0.4, 0.5) is 19.0 Å². The second-order valence-electron chi connectivity index (χ2n) is 5.91. The number of carbonyl (C=O) groups excluding carboxylic acids is 1. The van der Waals surface area contributed by atoms with E-state index in [0.717, 1.165) is 18.3 Å². The second kappa shape index (κ2) is 7.07. The Morgan fingerprint density at radius 2 is 1.93 bits per heavy atom. The van der Waals surface area contributed by atoms with Gasteiger partial charge >= 0.3 is 6.18 Å². The molecular formula is C17H15ClF3N5O. The van der Waals surface area contributed by atoms with Crippen LogP contribution in [0.15, 0.2) is 36.4 Å². The molecule has 1 aromatic carbocycles. The van der Waals surface area contributed by atoms with Crippen molar-refractivity contribution in [2.45, 2.75) is 19.6 Å². The molecule has 3 rings (SSSR count). The van der Waals surface area contributed by atoms with Crippen LogP contribution in [0.25, 0.3) is 0 Å². The molecule has 0 aliphatic carbocycles. The lowest BCUT2D eigenvalue weighted by atomic mass is 10.2. The number of anilines is 1. The summed E-state index contributed by atoms with van der Waals surface area (Å²) in [5.74, 6) is -0.563. The topological polar surface area (TPSA) is 64.7 Å². The highest BCUT2D eigenvalue weighted by Crippen LogP contribution is 2.29. The van der Waals surface area contributed by atoms with Crippen molar-refractivity contribution in [3.05, 3.63) is 64.1 Å². The van der Waals surface area contributed by atoms with Crippen LogP contribution < -0.4 is 5.32 Å². The minimum Gasteiger partial charge on any atom is -0.304 e. The molecule has 0 spiro atoms. The lowest BCUT2D eigenvalue weighted by molar-refractivity contribution is -0.143. The Morgan fingerprint density at radius 3 is 2.56 bits per heavy atom. The summed E-state index contributed by atoms with van der Waals surface area (Å²) >= 11 is 6.14. The first-order valence-corrected chi connectivity index (χ1v) is 8.23. The average molecular weight is 398 g/mol. The first kappa shape index (κ1) is 19.0. The van der Waals surface area contributed by atoms with Crippen LogP contribution >= 0.6 is 11.6 Å². The van der Waals surface area contributed by atoms with Crippen LogP contribution in [0, 0.1) is 6.92 Å². The molecule has 2 aromatic heterocycles. The Labute approximate surface area is 157 Å². The minimum absolute atomic E-state index is 0.212. The summed E-state index contributed by atoms with van der Waals surface area (Å²) in [6, 6.07) is 9.59. The zero-order chi connectivity index (χ0) is 19.8. The third kappa shape index (κ3) is 4.13. The van der Waals surface area contributed by atoms with Crippen LogP contribution in [-0.2, 0) is 19.8 Å². The molecular weight excluding hydrogens is 383 g/mol. The van der Waals surface area contributed by atoms with Gasteiger partial charge in [0, 0.05) is 29.9 Å². The molecule has 0 aliphatic heterocycles. The summed E-state index contributed by atoms with van der Waals surface area (Å²) in [4.78, 5) is 12.2. The van der Waals surface area contributed by atoms with Gasteiger partial charge in [0.15, 0.2) is 11.5 Å². The molecule has 2 heterocycles. The highest BCUT2D eigenvalue weighted by atomic mass is 35.5. The lowest BCUT2D eigenvalue weighted by Gasteiger charge is -2.06. The lowest BCUT2D eigenvalue weighted by Crippen LogP contribution is -2.14. The van der Waals surface area contributed by atoms with Crippen molar-refractivity contribution in [1.29, 1.82) is 0 Å². The molecule has 0 radical (unpaired) electrons. The predicted molar refractivity (Wildman–Crippen MR) is 93.7 cm³/mol. The molecule has 0 aliphatic rings. The number of nitrogens with one attached hydrogen (secondary N) is 1. The van der Waals surface area contributed by atoms with E-state index in [2.05, 4.69) is 15.5 Å². The molecule has 1 N–H and O–H groups in total. The molecule has 0 atom stereocenters.